The summed E-state index contributed by atoms with van der Waals surface area (Å²) >= 11 is 0. The van der Waals surface area contributed by atoms with Gasteiger partial charge in [0.2, 0.25) is 0 Å². The van der Waals surface area contributed by atoms with E-state index in [0.29, 0.717) is 19.4 Å². The van der Waals surface area contributed by atoms with Crippen molar-refractivity contribution in [1.82, 2.24) is 0 Å². The van der Waals surface area contributed by atoms with Crippen LogP contribution in [-0.2, 0) is 4.74 Å². The Morgan fingerprint density at radius 2 is 2.07 bits per heavy atom. The van der Waals surface area contributed by atoms with E-state index in [0.717, 1.165) is 6.42 Å². The highest BCUT2D eigenvalue weighted by molar-refractivity contribution is 4.72. The fourth-order valence-electron chi connectivity index (χ4n) is 0.984. The minimum absolute atomic E-state index is 0.213. The molecule has 0 bridgehead atoms. The summed E-state index contributed by atoms with van der Waals surface area (Å²) in [7, 11) is 0. The van der Waals surface area contributed by atoms with Gasteiger partial charge in [-0.25, -0.2) is 8.78 Å². The van der Waals surface area contributed by atoms with E-state index in [4.69, 9.17) is 5.73 Å². The van der Waals surface area contributed by atoms with Gasteiger partial charge in [-0.05, 0) is 26.2 Å². The maximum atomic E-state index is 11.6. The number of hydrogen-bond donors (Lipinski definition) is 2. The highest BCUT2D eigenvalue weighted by Gasteiger charge is 2.16. The Hall–Kier alpha value is -0.260. The van der Waals surface area contributed by atoms with Crippen molar-refractivity contribution < 1.29 is 18.6 Å². The predicted molar refractivity (Wildman–Crippen MR) is 50.4 cm³/mol. The molecule has 0 aliphatic heterocycles. The molecule has 0 aromatic heterocycles. The van der Waals surface area contributed by atoms with E-state index in [9.17, 15) is 13.9 Å². The van der Waals surface area contributed by atoms with Gasteiger partial charge in [0.25, 0.3) is 6.43 Å². The first kappa shape index (κ1) is 13.7. The molecule has 0 heterocycles. The second-order valence-corrected chi connectivity index (χ2v) is 3.62. The molecule has 0 saturated carbocycles. The van der Waals surface area contributed by atoms with Crippen LogP contribution in [0.2, 0.25) is 0 Å². The molecule has 0 aliphatic carbocycles. The van der Waals surface area contributed by atoms with Crippen LogP contribution < -0.4 is 5.73 Å². The average molecular weight is 211 g/mol. The number of alkyl halides is 2. The number of halogens is 2. The zero-order chi connectivity index (χ0) is 11.0. The molecule has 1 unspecified atom stereocenters. The summed E-state index contributed by atoms with van der Waals surface area (Å²) in [5.74, 6) is 0. The van der Waals surface area contributed by atoms with Crippen LogP contribution in [0.15, 0.2) is 0 Å². The number of aliphatic hydroxyl groups is 1. The first-order valence-corrected chi connectivity index (χ1v) is 4.76. The zero-order valence-electron chi connectivity index (χ0n) is 8.51. The first-order chi connectivity index (χ1) is 6.48. The summed E-state index contributed by atoms with van der Waals surface area (Å²) in [6.07, 6.45) is -0.431. The van der Waals surface area contributed by atoms with E-state index < -0.39 is 18.6 Å². The van der Waals surface area contributed by atoms with Crippen LogP contribution in [-0.4, -0.2) is 36.9 Å². The van der Waals surface area contributed by atoms with E-state index >= 15 is 0 Å². The summed E-state index contributed by atoms with van der Waals surface area (Å²) in [5, 5.41) is 9.48. The number of nitrogens with two attached hydrogens (primary N) is 1. The lowest BCUT2D eigenvalue weighted by Crippen LogP contribution is -2.33. The third-order valence-corrected chi connectivity index (χ3v) is 1.94. The standard InChI is InChI=1S/C9H19F2NO2/c1-9(13,7-12)4-2-3-5-14-6-8(10)11/h8,13H,2-7,12H2,1H3. The smallest absolute Gasteiger partial charge is 0.261 e. The molecule has 0 spiro atoms. The van der Waals surface area contributed by atoms with Crippen molar-refractivity contribution in [2.24, 2.45) is 5.73 Å². The van der Waals surface area contributed by atoms with E-state index in [-0.39, 0.29) is 6.54 Å². The molecule has 0 aliphatic rings. The van der Waals surface area contributed by atoms with Gasteiger partial charge in [0, 0.05) is 13.2 Å². The van der Waals surface area contributed by atoms with Gasteiger partial charge >= 0.3 is 0 Å². The highest BCUT2D eigenvalue weighted by atomic mass is 19.3. The van der Waals surface area contributed by atoms with E-state index in [1.165, 1.54) is 0 Å². The largest absolute Gasteiger partial charge is 0.389 e. The lowest BCUT2D eigenvalue weighted by atomic mass is 10.00. The second kappa shape index (κ2) is 7.09. The molecule has 0 rings (SSSR count). The molecule has 0 radical (unpaired) electrons. The number of rotatable bonds is 8. The SMILES string of the molecule is CC(O)(CN)CCCCOCC(F)F. The minimum Gasteiger partial charge on any atom is -0.389 e. The number of ether oxygens (including phenoxy) is 1. The van der Waals surface area contributed by atoms with Crippen molar-refractivity contribution in [2.45, 2.75) is 38.2 Å². The molecule has 0 saturated heterocycles. The topological polar surface area (TPSA) is 55.5 Å². The van der Waals surface area contributed by atoms with Gasteiger partial charge in [-0.2, -0.15) is 0 Å². The summed E-state index contributed by atoms with van der Waals surface area (Å²) < 4.78 is 27.9. The van der Waals surface area contributed by atoms with Crippen molar-refractivity contribution in [3.63, 3.8) is 0 Å². The first-order valence-electron chi connectivity index (χ1n) is 4.76. The van der Waals surface area contributed by atoms with Crippen LogP contribution in [0.5, 0.6) is 0 Å². The quantitative estimate of drug-likeness (QED) is 0.592. The summed E-state index contributed by atoms with van der Waals surface area (Å²) in [4.78, 5) is 0. The average Bonchev–Trinajstić information content (AvgIpc) is 2.10. The fraction of sp³-hybridized carbons (Fsp3) is 1.00. The van der Waals surface area contributed by atoms with Crippen LogP contribution in [0, 0.1) is 0 Å². The van der Waals surface area contributed by atoms with Gasteiger partial charge in [-0.3, -0.25) is 0 Å². The highest BCUT2D eigenvalue weighted by Crippen LogP contribution is 2.11. The third-order valence-electron chi connectivity index (χ3n) is 1.94. The van der Waals surface area contributed by atoms with Crippen LogP contribution in [0.4, 0.5) is 8.78 Å². The fourth-order valence-corrected chi connectivity index (χ4v) is 0.984. The minimum atomic E-state index is -2.40. The molecular weight excluding hydrogens is 192 g/mol. The molecule has 0 amide bonds. The Kier molecular flexibility index (Phi) is 6.96. The van der Waals surface area contributed by atoms with Crippen LogP contribution in [0.3, 0.4) is 0 Å². The number of unbranched alkanes of at least 4 members (excludes halogenated alkanes) is 1. The second-order valence-electron chi connectivity index (χ2n) is 3.62. The molecule has 5 heteroatoms. The van der Waals surface area contributed by atoms with Crippen molar-refractivity contribution >= 4 is 0 Å². The molecule has 0 aromatic carbocycles. The van der Waals surface area contributed by atoms with Gasteiger partial charge in [-0.15, -0.1) is 0 Å². The van der Waals surface area contributed by atoms with E-state index in [2.05, 4.69) is 4.74 Å². The molecule has 0 fully saturated rings. The summed E-state index contributed by atoms with van der Waals surface area (Å²) in [5.41, 5.74) is 4.46. The van der Waals surface area contributed by atoms with Crippen LogP contribution in [0.25, 0.3) is 0 Å². The maximum absolute atomic E-state index is 11.6. The molecule has 1 atom stereocenters. The van der Waals surface area contributed by atoms with E-state index in [1.807, 2.05) is 0 Å². The van der Waals surface area contributed by atoms with Crippen molar-refractivity contribution in [3.8, 4) is 0 Å². The summed E-state index contributed by atoms with van der Waals surface area (Å²) in [6.45, 7) is 1.68. The van der Waals surface area contributed by atoms with Crippen molar-refractivity contribution in [2.75, 3.05) is 19.8 Å². The van der Waals surface area contributed by atoms with Gasteiger partial charge in [0.15, 0.2) is 0 Å². The Morgan fingerprint density at radius 3 is 2.57 bits per heavy atom. The van der Waals surface area contributed by atoms with Crippen LogP contribution >= 0.6 is 0 Å². The molecule has 3 N–H and O–H groups in total. The Morgan fingerprint density at radius 1 is 1.43 bits per heavy atom. The van der Waals surface area contributed by atoms with Gasteiger partial charge in [0.05, 0.1) is 5.60 Å². The summed E-state index contributed by atoms with van der Waals surface area (Å²) in [6, 6.07) is 0. The van der Waals surface area contributed by atoms with Gasteiger partial charge < -0.3 is 15.6 Å². The van der Waals surface area contributed by atoms with Crippen molar-refractivity contribution in [3.05, 3.63) is 0 Å². The molecule has 86 valence electrons. The maximum Gasteiger partial charge on any atom is 0.261 e. The lowest BCUT2D eigenvalue weighted by molar-refractivity contribution is 0.0124. The third kappa shape index (κ3) is 8.34. The molecule has 14 heavy (non-hydrogen) atoms. The lowest BCUT2D eigenvalue weighted by Gasteiger charge is -2.20. The van der Waals surface area contributed by atoms with Gasteiger partial charge in [-0.1, -0.05) is 0 Å². The molecular formula is C9H19F2NO2. The van der Waals surface area contributed by atoms with Crippen molar-refractivity contribution in [1.29, 1.82) is 0 Å². The van der Waals surface area contributed by atoms with Crippen LogP contribution in [0.1, 0.15) is 26.2 Å². The van der Waals surface area contributed by atoms with Gasteiger partial charge in [0.1, 0.15) is 6.61 Å². The zero-order valence-corrected chi connectivity index (χ0v) is 8.51. The van der Waals surface area contributed by atoms with E-state index in [1.54, 1.807) is 6.92 Å². The Labute approximate surface area is 83.2 Å². The Bertz CT molecular complexity index is 143. The predicted octanol–water partition coefficient (Wildman–Crippen LogP) is 1.15. The number of hydrogen-bond acceptors (Lipinski definition) is 3. The Balaban J connectivity index is 3.21. The molecule has 0 aromatic rings. The normalized spacial score (nSPS) is 15.9. The monoisotopic (exact) mass is 211 g/mol. The molecule has 3 nitrogen and oxygen atoms in total.